The highest BCUT2D eigenvalue weighted by molar-refractivity contribution is 5.79. The molecule has 0 aromatic heterocycles. The van der Waals surface area contributed by atoms with Crippen LogP contribution in [0.25, 0.3) is 0 Å². The summed E-state index contributed by atoms with van der Waals surface area (Å²) in [6.45, 7) is 0.436. The third-order valence-corrected chi connectivity index (χ3v) is 4.65. The first-order valence-electron chi connectivity index (χ1n) is 6.84. The van der Waals surface area contributed by atoms with E-state index in [1.807, 2.05) is 0 Å². The van der Waals surface area contributed by atoms with Gasteiger partial charge in [-0.1, -0.05) is 6.42 Å². The van der Waals surface area contributed by atoms with E-state index < -0.39 is 6.10 Å². The zero-order valence-electron chi connectivity index (χ0n) is 10.1. The summed E-state index contributed by atoms with van der Waals surface area (Å²) in [5.41, 5.74) is 0. The molecule has 17 heavy (non-hydrogen) atoms. The van der Waals surface area contributed by atoms with Crippen LogP contribution >= 0.6 is 0 Å². The molecule has 1 heterocycles. The minimum Gasteiger partial charge on any atom is -0.390 e. The van der Waals surface area contributed by atoms with E-state index in [1.54, 1.807) is 0 Å². The summed E-state index contributed by atoms with van der Waals surface area (Å²) in [6, 6.07) is 0.165. The van der Waals surface area contributed by atoms with Gasteiger partial charge in [0.2, 0.25) is 5.91 Å². The van der Waals surface area contributed by atoms with Crippen LogP contribution in [0.2, 0.25) is 0 Å². The molecule has 96 valence electrons. The van der Waals surface area contributed by atoms with E-state index in [9.17, 15) is 9.90 Å². The molecule has 1 saturated heterocycles. The lowest BCUT2D eigenvalue weighted by atomic mass is 9.77. The SMILES string of the molecule is O=C(N[C@@H]1CC[C@H]2C[C@@H]1[C@@H](O)CO2)C1CCC1. The van der Waals surface area contributed by atoms with Gasteiger partial charge in [-0.2, -0.15) is 0 Å². The van der Waals surface area contributed by atoms with Crippen molar-refractivity contribution in [2.45, 2.75) is 56.8 Å². The van der Waals surface area contributed by atoms with Crippen LogP contribution in [0, 0.1) is 11.8 Å². The van der Waals surface area contributed by atoms with Crippen molar-refractivity contribution in [3.8, 4) is 0 Å². The average Bonchev–Trinajstić information content (AvgIpc) is 2.24. The highest BCUT2D eigenvalue weighted by Gasteiger charge is 2.40. The summed E-state index contributed by atoms with van der Waals surface area (Å²) in [6.07, 6.45) is 6.03. The lowest BCUT2D eigenvalue weighted by Crippen LogP contribution is -2.54. The topological polar surface area (TPSA) is 58.6 Å². The number of carbonyl (C=O) groups excluding carboxylic acids is 1. The lowest BCUT2D eigenvalue weighted by molar-refractivity contribution is -0.137. The van der Waals surface area contributed by atoms with E-state index in [0.717, 1.165) is 32.1 Å². The van der Waals surface area contributed by atoms with Gasteiger partial charge in [0, 0.05) is 17.9 Å². The molecule has 4 nitrogen and oxygen atoms in total. The number of nitrogens with one attached hydrogen (secondary N) is 1. The monoisotopic (exact) mass is 239 g/mol. The third kappa shape index (κ3) is 2.20. The molecule has 4 atom stereocenters. The maximum Gasteiger partial charge on any atom is 0.223 e. The molecule has 0 aromatic carbocycles. The Hall–Kier alpha value is -0.610. The van der Waals surface area contributed by atoms with Crippen LogP contribution in [0.3, 0.4) is 0 Å². The Morgan fingerprint density at radius 3 is 2.76 bits per heavy atom. The normalized spacial score (nSPS) is 41.7. The molecule has 0 aromatic rings. The van der Waals surface area contributed by atoms with Crippen molar-refractivity contribution in [3.63, 3.8) is 0 Å². The highest BCUT2D eigenvalue weighted by Crippen LogP contribution is 2.34. The molecule has 2 N–H and O–H groups in total. The van der Waals surface area contributed by atoms with Gasteiger partial charge in [-0.05, 0) is 32.1 Å². The number of hydrogen-bond donors (Lipinski definition) is 2. The van der Waals surface area contributed by atoms with E-state index >= 15 is 0 Å². The molecule has 2 aliphatic carbocycles. The van der Waals surface area contributed by atoms with Gasteiger partial charge in [0.1, 0.15) is 0 Å². The van der Waals surface area contributed by atoms with Gasteiger partial charge in [0.25, 0.3) is 0 Å². The second kappa shape index (κ2) is 4.58. The second-order valence-corrected chi connectivity index (χ2v) is 5.74. The van der Waals surface area contributed by atoms with Gasteiger partial charge >= 0.3 is 0 Å². The molecular formula is C13H21NO3. The fourth-order valence-electron chi connectivity index (χ4n) is 3.25. The Morgan fingerprint density at radius 2 is 2.06 bits per heavy atom. The molecule has 0 unspecified atom stereocenters. The minimum absolute atomic E-state index is 0.165. The number of hydrogen-bond acceptors (Lipinski definition) is 3. The Balaban J connectivity index is 1.60. The van der Waals surface area contributed by atoms with Crippen molar-refractivity contribution in [1.82, 2.24) is 5.32 Å². The van der Waals surface area contributed by atoms with Gasteiger partial charge in [-0.25, -0.2) is 0 Å². The average molecular weight is 239 g/mol. The van der Waals surface area contributed by atoms with Crippen LogP contribution in [0.5, 0.6) is 0 Å². The highest BCUT2D eigenvalue weighted by atomic mass is 16.5. The molecule has 3 rings (SSSR count). The van der Waals surface area contributed by atoms with Gasteiger partial charge < -0.3 is 15.2 Å². The van der Waals surface area contributed by atoms with Crippen LogP contribution in [0.15, 0.2) is 0 Å². The summed E-state index contributed by atoms with van der Waals surface area (Å²) < 4.78 is 5.53. The lowest BCUT2D eigenvalue weighted by Gasteiger charge is -2.43. The minimum atomic E-state index is -0.404. The number of aliphatic hydroxyl groups excluding tert-OH is 1. The number of rotatable bonds is 2. The maximum atomic E-state index is 11.9. The predicted octanol–water partition coefficient (Wildman–Crippen LogP) is 0.831. The molecule has 4 heteroatoms. The van der Waals surface area contributed by atoms with Crippen LogP contribution in [0.1, 0.15) is 38.5 Å². The van der Waals surface area contributed by atoms with Gasteiger partial charge in [-0.3, -0.25) is 4.79 Å². The fraction of sp³-hybridized carbons (Fsp3) is 0.923. The Bertz CT molecular complexity index is 303. The smallest absolute Gasteiger partial charge is 0.223 e. The van der Waals surface area contributed by atoms with Crippen molar-refractivity contribution in [3.05, 3.63) is 0 Å². The molecule has 2 saturated carbocycles. The molecule has 2 bridgehead atoms. The maximum absolute atomic E-state index is 11.9. The van der Waals surface area contributed by atoms with Gasteiger partial charge in [0.05, 0.1) is 18.8 Å². The molecule has 1 aliphatic heterocycles. The number of aliphatic hydroxyl groups is 1. The zero-order chi connectivity index (χ0) is 11.8. The van der Waals surface area contributed by atoms with Crippen molar-refractivity contribution in [2.75, 3.05) is 6.61 Å². The number of carbonyl (C=O) groups is 1. The standard InChI is InChI=1S/C13H21NO3/c15-12-7-17-9-4-5-11(10(12)6-9)14-13(16)8-2-1-3-8/h8-12,15H,1-7H2,(H,14,16)/t9-,10-,11+,12-/m0/s1. The Morgan fingerprint density at radius 1 is 1.24 bits per heavy atom. The summed E-state index contributed by atoms with van der Waals surface area (Å²) >= 11 is 0. The predicted molar refractivity (Wildman–Crippen MR) is 62.4 cm³/mol. The molecule has 0 radical (unpaired) electrons. The first-order chi connectivity index (χ1) is 8.24. The fourth-order valence-corrected chi connectivity index (χ4v) is 3.25. The Labute approximate surface area is 102 Å². The van der Waals surface area contributed by atoms with Crippen LogP contribution in [0.4, 0.5) is 0 Å². The quantitative estimate of drug-likeness (QED) is 0.750. The third-order valence-electron chi connectivity index (χ3n) is 4.65. The van der Waals surface area contributed by atoms with Crippen molar-refractivity contribution < 1.29 is 14.6 Å². The van der Waals surface area contributed by atoms with Crippen molar-refractivity contribution in [2.24, 2.45) is 11.8 Å². The van der Waals surface area contributed by atoms with E-state index in [1.165, 1.54) is 6.42 Å². The number of fused-ring (bicyclic) bond motifs is 2. The van der Waals surface area contributed by atoms with Gasteiger partial charge in [-0.15, -0.1) is 0 Å². The van der Waals surface area contributed by atoms with Gasteiger partial charge in [0.15, 0.2) is 0 Å². The van der Waals surface area contributed by atoms with E-state index in [0.29, 0.717) is 12.7 Å². The summed E-state index contributed by atoms with van der Waals surface area (Å²) in [7, 11) is 0. The molecule has 1 amide bonds. The number of ether oxygens (including phenoxy) is 1. The second-order valence-electron chi connectivity index (χ2n) is 5.74. The molecule has 3 aliphatic rings. The number of amides is 1. The van der Waals surface area contributed by atoms with Crippen LogP contribution in [-0.2, 0) is 9.53 Å². The first kappa shape index (κ1) is 11.5. The van der Waals surface area contributed by atoms with Crippen molar-refractivity contribution >= 4 is 5.91 Å². The first-order valence-corrected chi connectivity index (χ1v) is 6.84. The summed E-state index contributed by atoms with van der Waals surface area (Å²) in [4.78, 5) is 11.9. The van der Waals surface area contributed by atoms with E-state index in [-0.39, 0.29) is 23.8 Å². The van der Waals surface area contributed by atoms with E-state index in [2.05, 4.69) is 5.32 Å². The zero-order valence-corrected chi connectivity index (χ0v) is 10.1. The van der Waals surface area contributed by atoms with Crippen LogP contribution < -0.4 is 5.32 Å². The molecule has 3 fully saturated rings. The molecular weight excluding hydrogens is 218 g/mol. The van der Waals surface area contributed by atoms with E-state index in [4.69, 9.17) is 4.74 Å². The molecule has 0 spiro atoms. The van der Waals surface area contributed by atoms with Crippen molar-refractivity contribution in [1.29, 1.82) is 0 Å². The largest absolute Gasteiger partial charge is 0.390 e. The van der Waals surface area contributed by atoms with Crippen LogP contribution in [-0.4, -0.2) is 35.9 Å². The Kier molecular flexibility index (Phi) is 3.09. The summed E-state index contributed by atoms with van der Waals surface area (Å²) in [5, 5.41) is 13.1. The summed E-state index contributed by atoms with van der Waals surface area (Å²) in [5.74, 6) is 0.648.